The molecule has 1 heterocycles. The van der Waals surface area contributed by atoms with Gasteiger partial charge in [-0.25, -0.2) is 4.99 Å². The minimum Gasteiger partial charge on any atom is -0.370 e. The zero-order chi connectivity index (χ0) is 10.7. The maximum Gasteiger partial charge on any atom is 0.191 e. The normalized spacial score (nSPS) is 29.8. The Bertz CT molecular complexity index is 236. The van der Waals surface area contributed by atoms with Gasteiger partial charge < -0.3 is 10.6 Å². The molecule has 0 spiro atoms. The third-order valence-electron chi connectivity index (χ3n) is 3.20. The molecule has 2 rings (SSSR count). The number of nitrogens with two attached hydrogens (primary N) is 1. The van der Waals surface area contributed by atoms with Crippen LogP contribution in [0.3, 0.4) is 0 Å². The fraction of sp³-hybridized carbons (Fsp3) is 0.909. The Hall–Kier alpha value is -0.380. The Balaban J connectivity index is 1.90. The van der Waals surface area contributed by atoms with Crippen molar-refractivity contribution in [3.63, 3.8) is 0 Å². The highest BCUT2D eigenvalue weighted by atomic mass is 32.2. The quantitative estimate of drug-likeness (QED) is 0.547. The number of hydrogen-bond acceptors (Lipinski definition) is 2. The van der Waals surface area contributed by atoms with Crippen LogP contribution >= 0.6 is 11.8 Å². The summed E-state index contributed by atoms with van der Waals surface area (Å²) in [6.07, 6.45) is 5.12. The average molecular weight is 227 g/mol. The van der Waals surface area contributed by atoms with E-state index in [9.17, 15) is 0 Å². The van der Waals surface area contributed by atoms with E-state index >= 15 is 0 Å². The third-order valence-corrected chi connectivity index (χ3v) is 4.34. The molecule has 1 aliphatic heterocycles. The van der Waals surface area contributed by atoms with Crippen LogP contribution in [-0.4, -0.2) is 41.0 Å². The molecule has 15 heavy (non-hydrogen) atoms. The molecular formula is C11H21N3S. The van der Waals surface area contributed by atoms with E-state index in [-0.39, 0.29) is 0 Å². The van der Waals surface area contributed by atoms with Crippen LogP contribution in [0.5, 0.6) is 0 Å². The Morgan fingerprint density at radius 1 is 1.40 bits per heavy atom. The van der Waals surface area contributed by atoms with Gasteiger partial charge in [0.25, 0.3) is 0 Å². The molecule has 86 valence electrons. The van der Waals surface area contributed by atoms with E-state index in [2.05, 4.69) is 16.8 Å². The molecule has 3 nitrogen and oxygen atoms in total. The second-order valence-corrected chi connectivity index (χ2v) is 6.10. The molecule has 2 N–H and O–H groups in total. The van der Waals surface area contributed by atoms with Crippen molar-refractivity contribution in [2.45, 2.75) is 43.9 Å². The lowest BCUT2D eigenvalue weighted by Gasteiger charge is -2.31. The van der Waals surface area contributed by atoms with Crippen molar-refractivity contribution in [2.24, 2.45) is 10.7 Å². The molecule has 0 radical (unpaired) electrons. The number of guanidine groups is 1. The number of hydrogen-bond donors (Lipinski definition) is 1. The van der Waals surface area contributed by atoms with Gasteiger partial charge in [0.1, 0.15) is 0 Å². The highest BCUT2D eigenvalue weighted by molar-refractivity contribution is 7.99. The Morgan fingerprint density at radius 2 is 2.13 bits per heavy atom. The zero-order valence-electron chi connectivity index (χ0n) is 9.48. The first kappa shape index (κ1) is 11.1. The molecule has 0 amide bonds. The first-order valence-corrected chi connectivity index (χ1v) is 7.00. The molecule has 1 saturated carbocycles. The van der Waals surface area contributed by atoms with Gasteiger partial charge >= 0.3 is 0 Å². The van der Waals surface area contributed by atoms with Crippen LogP contribution in [0, 0.1) is 0 Å². The van der Waals surface area contributed by atoms with Crippen LogP contribution in [0.25, 0.3) is 0 Å². The van der Waals surface area contributed by atoms with Gasteiger partial charge in [0, 0.05) is 24.1 Å². The van der Waals surface area contributed by atoms with Gasteiger partial charge in [0.05, 0.1) is 6.04 Å². The molecule has 1 saturated heterocycles. The average Bonchev–Trinajstić information content (AvgIpc) is 2.70. The van der Waals surface area contributed by atoms with E-state index < -0.39 is 0 Å². The van der Waals surface area contributed by atoms with Crippen molar-refractivity contribution in [2.75, 3.05) is 18.8 Å². The minimum atomic E-state index is 0.509. The smallest absolute Gasteiger partial charge is 0.191 e. The van der Waals surface area contributed by atoms with Crippen LogP contribution in [0.2, 0.25) is 0 Å². The summed E-state index contributed by atoms with van der Waals surface area (Å²) in [6, 6.07) is 0.509. The standard InChI is InChI=1S/C11H21N3S/c1-9-8-14(6-7-15-9)11(12)13-10-4-2-3-5-10/h9-10H,2-8H2,1H3,(H2,12,13). The molecule has 4 heteroatoms. The predicted octanol–water partition coefficient (Wildman–Crippen LogP) is 1.68. The summed E-state index contributed by atoms with van der Waals surface area (Å²) in [5.74, 6) is 1.97. The Kier molecular flexibility index (Phi) is 3.78. The van der Waals surface area contributed by atoms with E-state index in [0.29, 0.717) is 11.3 Å². The second kappa shape index (κ2) is 5.10. The van der Waals surface area contributed by atoms with E-state index in [1.165, 1.54) is 31.4 Å². The molecule has 0 bridgehead atoms. The van der Waals surface area contributed by atoms with Crippen LogP contribution in [0.1, 0.15) is 32.6 Å². The summed E-state index contributed by atoms with van der Waals surface area (Å²) in [6.45, 7) is 4.39. The summed E-state index contributed by atoms with van der Waals surface area (Å²) < 4.78 is 0. The van der Waals surface area contributed by atoms with Crippen molar-refractivity contribution in [1.82, 2.24) is 4.90 Å². The lowest BCUT2D eigenvalue weighted by atomic mass is 10.3. The number of rotatable bonds is 1. The third kappa shape index (κ3) is 3.03. The van der Waals surface area contributed by atoms with Gasteiger partial charge in [-0.15, -0.1) is 0 Å². The van der Waals surface area contributed by atoms with E-state index in [1.807, 2.05) is 11.8 Å². The predicted molar refractivity (Wildman–Crippen MR) is 67.4 cm³/mol. The van der Waals surface area contributed by atoms with E-state index in [0.717, 1.165) is 19.0 Å². The first-order valence-electron chi connectivity index (χ1n) is 5.95. The van der Waals surface area contributed by atoms with Crippen molar-refractivity contribution < 1.29 is 0 Å². The molecule has 1 atom stereocenters. The summed E-state index contributed by atoms with van der Waals surface area (Å²) in [4.78, 5) is 6.89. The van der Waals surface area contributed by atoms with Crippen LogP contribution in [-0.2, 0) is 0 Å². The Labute approximate surface area is 96.5 Å². The fourth-order valence-electron chi connectivity index (χ4n) is 2.33. The van der Waals surface area contributed by atoms with Crippen molar-refractivity contribution in [3.05, 3.63) is 0 Å². The van der Waals surface area contributed by atoms with Gasteiger partial charge in [0.15, 0.2) is 5.96 Å². The number of nitrogens with zero attached hydrogens (tertiary/aromatic N) is 2. The van der Waals surface area contributed by atoms with Crippen LogP contribution in [0.15, 0.2) is 4.99 Å². The molecule has 1 unspecified atom stereocenters. The summed E-state index contributed by atoms with van der Waals surface area (Å²) in [5, 5.41) is 0.691. The van der Waals surface area contributed by atoms with E-state index in [1.54, 1.807) is 0 Å². The van der Waals surface area contributed by atoms with Gasteiger partial charge in [-0.3, -0.25) is 0 Å². The Morgan fingerprint density at radius 3 is 2.80 bits per heavy atom. The van der Waals surface area contributed by atoms with Crippen molar-refractivity contribution in [1.29, 1.82) is 0 Å². The minimum absolute atomic E-state index is 0.509. The number of aliphatic imine (C=N–C) groups is 1. The molecule has 1 aliphatic carbocycles. The van der Waals surface area contributed by atoms with Crippen LogP contribution < -0.4 is 5.73 Å². The first-order chi connectivity index (χ1) is 7.25. The molecule has 2 aliphatic rings. The lowest BCUT2D eigenvalue weighted by Crippen LogP contribution is -2.45. The van der Waals surface area contributed by atoms with Crippen molar-refractivity contribution >= 4 is 17.7 Å². The largest absolute Gasteiger partial charge is 0.370 e. The summed E-state index contributed by atoms with van der Waals surface area (Å²) >= 11 is 2.03. The van der Waals surface area contributed by atoms with Gasteiger partial charge in [-0.1, -0.05) is 19.8 Å². The lowest BCUT2D eigenvalue weighted by molar-refractivity contribution is 0.426. The maximum absolute atomic E-state index is 6.06. The number of thioether (sulfide) groups is 1. The van der Waals surface area contributed by atoms with Gasteiger partial charge in [-0.2, -0.15) is 11.8 Å². The second-order valence-electron chi connectivity index (χ2n) is 4.55. The zero-order valence-corrected chi connectivity index (χ0v) is 10.3. The molecular weight excluding hydrogens is 206 g/mol. The SMILES string of the molecule is CC1CN(C(N)=NC2CCCC2)CCS1. The van der Waals surface area contributed by atoms with Crippen LogP contribution in [0.4, 0.5) is 0 Å². The maximum atomic E-state index is 6.06. The molecule has 0 aromatic carbocycles. The summed E-state index contributed by atoms with van der Waals surface area (Å²) in [5.41, 5.74) is 6.06. The summed E-state index contributed by atoms with van der Waals surface area (Å²) in [7, 11) is 0. The van der Waals surface area contributed by atoms with Gasteiger partial charge in [-0.05, 0) is 12.8 Å². The van der Waals surface area contributed by atoms with Crippen molar-refractivity contribution in [3.8, 4) is 0 Å². The molecule has 0 aromatic rings. The van der Waals surface area contributed by atoms with Gasteiger partial charge in [0.2, 0.25) is 0 Å². The highest BCUT2D eigenvalue weighted by Gasteiger charge is 2.20. The van der Waals surface area contributed by atoms with E-state index in [4.69, 9.17) is 5.73 Å². The topological polar surface area (TPSA) is 41.6 Å². The molecule has 2 fully saturated rings. The molecule has 0 aromatic heterocycles. The fourth-order valence-corrected chi connectivity index (χ4v) is 3.34. The monoisotopic (exact) mass is 227 g/mol. The highest BCUT2D eigenvalue weighted by Crippen LogP contribution is 2.22.